The molecule has 0 bridgehead atoms. The van der Waals surface area contributed by atoms with E-state index in [2.05, 4.69) is 0 Å². The molecular formula is C16H12F3NOS. The fourth-order valence-corrected chi connectivity index (χ4v) is 3.66. The molecule has 0 amide bonds. The molecule has 2 aromatic carbocycles. The highest BCUT2D eigenvalue weighted by molar-refractivity contribution is 7.99. The summed E-state index contributed by atoms with van der Waals surface area (Å²) in [4.78, 5) is 3.83. The van der Waals surface area contributed by atoms with E-state index in [4.69, 9.17) is 4.74 Å². The second-order valence-corrected chi connectivity index (χ2v) is 6.40. The van der Waals surface area contributed by atoms with Crippen LogP contribution in [0.3, 0.4) is 0 Å². The Hall–Kier alpha value is -1.66. The lowest BCUT2D eigenvalue weighted by atomic mass is 10.1. The van der Waals surface area contributed by atoms with Crippen LogP contribution in [0, 0.1) is 0 Å². The highest BCUT2D eigenvalue weighted by Gasteiger charge is 2.35. The zero-order valence-corrected chi connectivity index (χ0v) is 12.2. The van der Waals surface area contributed by atoms with Crippen molar-refractivity contribution in [3.8, 4) is 0 Å². The van der Waals surface area contributed by atoms with Gasteiger partial charge in [0, 0.05) is 9.79 Å². The lowest BCUT2D eigenvalue weighted by Crippen LogP contribution is -2.25. The van der Waals surface area contributed by atoms with E-state index in [-0.39, 0.29) is 6.10 Å². The van der Waals surface area contributed by atoms with Crippen molar-refractivity contribution in [2.75, 3.05) is 18.1 Å². The summed E-state index contributed by atoms with van der Waals surface area (Å²) in [6.45, 7) is 1.24. The third-order valence-electron chi connectivity index (χ3n) is 3.74. The van der Waals surface area contributed by atoms with Crippen LogP contribution in [0.4, 0.5) is 24.5 Å². The van der Waals surface area contributed by atoms with Gasteiger partial charge in [-0.05, 0) is 30.3 Å². The van der Waals surface area contributed by atoms with Crippen molar-refractivity contribution in [1.29, 1.82) is 0 Å². The number of anilines is 2. The van der Waals surface area contributed by atoms with Gasteiger partial charge in [-0.3, -0.25) is 0 Å². The minimum Gasteiger partial charge on any atom is -0.371 e. The van der Waals surface area contributed by atoms with Gasteiger partial charge in [-0.15, -0.1) is 0 Å². The average Bonchev–Trinajstić information content (AvgIpc) is 3.29. The summed E-state index contributed by atoms with van der Waals surface area (Å²) in [5.41, 5.74) is 0.928. The predicted octanol–water partition coefficient (Wildman–Crippen LogP) is 4.71. The van der Waals surface area contributed by atoms with Crippen LogP contribution in [0.1, 0.15) is 5.56 Å². The first-order valence-electron chi connectivity index (χ1n) is 6.89. The number of hydrogen-bond donors (Lipinski definition) is 0. The lowest BCUT2D eigenvalue weighted by Gasteiger charge is -2.32. The second-order valence-electron chi connectivity index (χ2n) is 5.32. The first-order valence-corrected chi connectivity index (χ1v) is 7.71. The number of rotatable bonds is 2. The van der Waals surface area contributed by atoms with Crippen molar-refractivity contribution in [2.45, 2.75) is 22.1 Å². The van der Waals surface area contributed by atoms with Crippen molar-refractivity contribution >= 4 is 23.1 Å². The van der Waals surface area contributed by atoms with Crippen LogP contribution in [0.2, 0.25) is 0 Å². The average molecular weight is 323 g/mol. The molecule has 1 fully saturated rings. The Kier molecular flexibility index (Phi) is 3.13. The molecule has 2 heterocycles. The fourth-order valence-electron chi connectivity index (χ4n) is 2.58. The molecule has 2 nitrogen and oxygen atoms in total. The molecule has 0 aromatic heterocycles. The summed E-state index contributed by atoms with van der Waals surface area (Å²) in [5.74, 6) is 0. The van der Waals surface area contributed by atoms with Crippen LogP contribution in [-0.4, -0.2) is 19.3 Å². The summed E-state index contributed by atoms with van der Waals surface area (Å²) >= 11 is 1.50. The second kappa shape index (κ2) is 4.93. The SMILES string of the molecule is FC(F)(F)c1ccc2c(c1)N(CC1CO1)c1ccccc1S2. The van der Waals surface area contributed by atoms with Crippen LogP contribution in [-0.2, 0) is 10.9 Å². The van der Waals surface area contributed by atoms with E-state index < -0.39 is 11.7 Å². The van der Waals surface area contributed by atoms with Gasteiger partial charge in [0.25, 0.3) is 0 Å². The maximum Gasteiger partial charge on any atom is 0.416 e. The van der Waals surface area contributed by atoms with Gasteiger partial charge in [0.05, 0.1) is 36.2 Å². The van der Waals surface area contributed by atoms with E-state index in [1.54, 1.807) is 6.07 Å². The van der Waals surface area contributed by atoms with Crippen molar-refractivity contribution in [3.05, 3.63) is 48.0 Å². The van der Waals surface area contributed by atoms with Gasteiger partial charge in [-0.25, -0.2) is 0 Å². The molecule has 2 aliphatic rings. The number of alkyl halides is 3. The molecule has 0 N–H and O–H groups in total. The summed E-state index contributed by atoms with van der Waals surface area (Å²) in [5, 5.41) is 0. The van der Waals surface area contributed by atoms with E-state index in [0.29, 0.717) is 18.8 Å². The number of benzene rings is 2. The minimum absolute atomic E-state index is 0.0959. The Morgan fingerprint density at radius 1 is 1.09 bits per heavy atom. The first kappa shape index (κ1) is 14.0. The van der Waals surface area contributed by atoms with Crippen molar-refractivity contribution in [1.82, 2.24) is 0 Å². The quantitative estimate of drug-likeness (QED) is 0.745. The van der Waals surface area contributed by atoms with Gasteiger partial charge in [0.15, 0.2) is 0 Å². The van der Waals surface area contributed by atoms with Crippen molar-refractivity contribution < 1.29 is 17.9 Å². The summed E-state index contributed by atoms with van der Waals surface area (Å²) in [6.07, 6.45) is -4.24. The molecule has 1 unspecified atom stereocenters. The lowest BCUT2D eigenvalue weighted by molar-refractivity contribution is -0.137. The zero-order chi connectivity index (χ0) is 15.3. The summed E-state index contributed by atoms with van der Waals surface area (Å²) < 4.78 is 44.3. The van der Waals surface area contributed by atoms with Gasteiger partial charge in [0.2, 0.25) is 0 Å². The van der Waals surface area contributed by atoms with Gasteiger partial charge in [0.1, 0.15) is 0 Å². The molecular weight excluding hydrogens is 311 g/mol. The Bertz CT molecular complexity index is 728. The fraction of sp³-hybridized carbons (Fsp3) is 0.250. The van der Waals surface area contributed by atoms with E-state index in [0.717, 1.165) is 21.5 Å². The molecule has 0 aliphatic carbocycles. The molecule has 2 aromatic rings. The van der Waals surface area contributed by atoms with Crippen molar-refractivity contribution in [2.24, 2.45) is 0 Å². The molecule has 1 atom stereocenters. The third kappa shape index (κ3) is 2.46. The maximum atomic E-state index is 13.0. The summed E-state index contributed by atoms with van der Waals surface area (Å²) in [7, 11) is 0. The van der Waals surface area contributed by atoms with Gasteiger partial charge in [-0.1, -0.05) is 23.9 Å². The molecule has 2 aliphatic heterocycles. The van der Waals surface area contributed by atoms with E-state index in [1.165, 1.54) is 17.8 Å². The highest BCUT2D eigenvalue weighted by Crippen LogP contribution is 2.49. The minimum atomic E-state index is -4.33. The molecule has 4 rings (SSSR count). The molecule has 0 spiro atoms. The molecule has 6 heteroatoms. The van der Waals surface area contributed by atoms with Gasteiger partial charge < -0.3 is 9.64 Å². The predicted molar refractivity (Wildman–Crippen MR) is 78.8 cm³/mol. The number of halogens is 3. The standard InChI is InChI=1S/C16H12F3NOS/c17-16(18,19)10-5-6-15-13(7-10)20(8-11-9-21-11)12-3-1-2-4-14(12)22-15/h1-7,11H,8-9H2. The smallest absolute Gasteiger partial charge is 0.371 e. The topological polar surface area (TPSA) is 15.8 Å². The molecule has 0 saturated carbocycles. The van der Waals surface area contributed by atoms with Crippen LogP contribution in [0.25, 0.3) is 0 Å². The normalized spacial score (nSPS) is 19.6. The maximum absolute atomic E-state index is 13.0. The van der Waals surface area contributed by atoms with E-state index in [9.17, 15) is 13.2 Å². The summed E-state index contributed by atoms with van der Waals surface area (Å²) in [6, 6.07) is 11.7. The number of nitrogens with zero attached hydrogens (tertiary/aromatic N) is 1. The Balaban J connectivity index is 1.82. The van der Waals surface area contributed by atoms with Crippen LogP contribution < -0.4 is 4.90 Å². The number of hydrogen-bond acceptors (Lipinski definition) is 3. The number of ether oxygens (including phenoxy) is 1. The molecule has 0 radical (unpaired) electrons. The molecule has 22 heavy (non-hydrogen) atoms. The van der Waals surface area contributed by atoms with Crippen molar-refractivity contribution in [3.63, 3.8) is 0 Å². The number of para-hydroxylation sites is 1. The Labute approximate surface area is 129 Å². The van der Waals surface area contributed by atoms with Crippen LogP contribution >= 0.6 is 11.8 Å². The Morgan fingerprint density at radius 3 is 2.55 bits per heavy atom. The highest BCUT2D eigenvalue weighted by atomic mass is 32.2. The molecule has 114 valence electrons. The van der Waals surface area contributed by atoms with E-state index in [1.807, 2.05) is 29.2 Å². The molecule has 1 saturated heterocycles. The van der Waals surface area contributed by atoms with E-state index >= 15 is 0 Å². The van der Waals surface area contributed by atoms with Crippen LogP contribution in [0.5, 0.6) is 0 Å². The Morgan fingerprint density at radius 2 is 1.82 bits per heavy atom. The first-order chi connectivity index (χ1) is 10.5. The van der Waals surface area contributed by atoms with Gasteiger partial charge in [-0.2, -0.15) is 13.2 Å². The zero-order valence-electron chi connectivity index (χ0n) is 11.4. The largest absolute Gasteiger partial charge is 0.416 e. The van der Waals surface area contributed by atoms with Crippen LogP contribution in [0.15, 0.2) is 52.3 Å². The number of fused-ring (bicyclic) bond motifs is 2. The third-order valence-corrected chi connectivity index (χ3v) is 4.87. The monoisotopic (exact) mass is 323 g/mol. The van der Waals surface area contributed by atoms with Gasteiger partial charge >= 0.3 is 6.18 Å². The number of epoxide rings is 1.